The molecule has 0 aliphatic heterocycles. The molecule has 0 spiro atoms. The summed E-state index contributed by atoms with van der Waals surface area (Å²) in [5.41, 5.74) is 2.11. The summed E-state index contributed by atoms with van der Waals surface area (Å²) in [5.74, 6) is 0. The highest BCUT2D eigenvalue weighted by Crippen LogP contribution is 2.28. The van der Waals surface area contributed by atoms with Gasteiger partial charge in [-0.2, -0.15) is 5.10 Å². The van der Waals surface area contributed by atoms with Crippen LogP contribution in [-0.2, 0) is 4.74 Å². The van der Waals surface area contributed by atoms with E-state index in [2.05, 4.69) is 15.5 Å². The average Bonchev–Trinajstić information content (AvgIpc) is 3.27. The second-order valence-corrected chi connectivity index (χ2v) is 8.65. The molecular weight excluding hydrogens is 404 g/mol. The lowest BCUT2D eigenvalue weighted by Gasteiger charge is -2.24. The molecule has 1 atom stereocenters. The molecule has 4 aromatic rings. The number of carbonyl (C=O) groups is 1. The molecule has 0 aliphatic rings. The lowest BCUT2D eigenvalue weighted by molar-refractivity contribution is 0.0506. The van der Waals surface area contributed by atoms with Gasteiger partial charge in [0, 0.05) is 23.1 Å². The predicted molar refractivity (Wildman–Crippen MR) is 125 cm³/mol. The van der Waals surface area contributed by atoms with Crippen molar-refractivity contribution in [2.24, 2.45) is 0 Å². The van der Waals surface area contributed by atoms with Crippen LogP contribution in [0.15, 0.2) is 71.7 Å². The zero-order valence-electron chi connectivity index (χ0n) is 18.5. The third-order valence-corrected chi connectivity index (χ3v) is 5.06. The molecule has 2 aromatic carbocycles. The SMILES string of the molecule is CC(NC(=O)OC(C)(C)C)c1cc2cccc(-c3ccn[nH]3)c2c(=O)n1-c1ccccc1. The number of carbonyl (C=O) groups excluding carboxylic acids is 1. The van der Waals surface area contributed by atoms with Crippen LogP contribution in [-0.4, -0.2) is 26.5 Å². The van der Waals surface area contributed by atoms with Gasteiger partial charge in [0.25, 0.3) is 5.56 Å². The molecule has 0 radical (unpaired) electrons. The molecule has 0 aliphatic carbocycles. The van der Waals surface area contributed by atoms with Crippen LogP contribution in [0.4, 0.5) is 4.79 Å². The van der Waals surface area contributed by atoms with Crippen LogP contribution in [0.1, 0.15) is 39.4 Å². The van der Waals surface area contributed by atoms with Crippen LogP contribution in [0.5, 0.6) is 0 Å². The number of aromatic nitrogens is 3. The Bertz CT molecular complexity index is 1300. The molecular formula is C25H26N4O3. The van der Waals surface area contributed by atoms with E-state index in [-0.39, 0.29) is 5.56 Å². The third-order valence-electron chi connectivity index (χ3n) is 5.06. The fraction of sp³-hybridized carbons (Fsp3) is 0.240. The molecule has 0 saturated heterocycles. The van der Waals surface area contributed by atoms with E-state index in [4.69, 9.17) is 4.74 Å². The van der Waals surface area contributed by atoms with E-state index in [1.807, 2.05) is 88.4 Å². The number of aromatic amines is 1. The Morgan fingerprint density at radius 2 is 1.84 bits per heavy atom. The topological polar surface area (TPSA) is 89.0 Å². The Hall–Kier alpha value is -3.87. The van der Waals surface area contributed by atoms with Crippen LogP contribution in [0, 0.1) is 0 Å². The number of alkyl carbamates (subject to hydrolysis) is 1. The van der Waals surface area contributed by atoms with Gasteiger partial charge < -0.3 is 10.1 Å². The van der Waals surface area contributed by atoms with E-state index in [1.54, 1.807) is 10.8 Å². The molecule has 7 nitrogen and oxygen atoms in total. The van der Waals surface area contributed by atoms with Crippen molar-refractivity contribution in [3.05, 3.63) is 82.9 Å². The monoisotopic (exact) mass is 430 g/mol. The molecule has 2 N–H and O–H groups in total. The molecule has 164 valence electrons. The number of H-pyrrole nitrogens is 1. The number of nitrogens with one attached hydrogen (secondary N) is 2. The number of hydrogen-bond acceptors (Lipinski definition) is 4. The highest BCUT2D eigenvalue weighted by molar-refractivity contribution is 5.95. The van der Waals surface area contributed by atoms with Crippen LogP contribution in [0.25, 0.3) is 27.7 Å². The summed E-state index contributed by atoms with van der Waals surface area (Å²) in [6.45, 7) is 7.27. The highest BCUT2D eigenvalue weighted by atomic mass is 16.6. The molecule has 32 heavy (non-hydrogen) atoms. The van der Waals surface area contributed by atoms with Gasteiger partial charge in [0.05, 0.1) is 17.1 Å². The van der Waals surface area contributed by atoms with Crippen molar-refractivity contribution < 1.29 is 9.53 Å². The van der Waals surface area contributed by atoms with Crippen LogP contribution in [0.2, 0.25) is 0 Å². The first-order valence-electron chi connectivity index (χ1n) is 10.5. The van der Waals surface area contributed by atoms with Gasteiger partial charge in [0.15, 0.2) is 0 Å². The first-order chi connectivity index (χ1) is 15.2. The maximum Gasteiger partial charge on any atom is 0.408 e. The third kappa shape index (κ3) is 4.27. The molecule has 0 fully saturated rings. The number of hydrogen-bond donors (Lipinski definition) is 2. The minimum Gasteiger partial charge on any atom is -0.444 e. The number of ether oxygens (including phenoxy) is 1. The lowest BCUT2D eigenvalue weighted by Crippen LogP contribution is -2.36. The standard InChI is InChI=1S/C25H26N4O3/c1-16(27-24(31)32-25(2,3)4)21-15-17-9-8-12-19(20-13-14-26-28-20)22(17)23(30)29(21)18-10-6-5-7-11-18/h5-16H,1-4H3,(H,26,28)(H,27,31). The second-order valence-electron chi connectivity index (χ2n) is 8.65. The van der Waals surface area contributed by atoms with Gasteiger partial charge in [-0.25, -0.2) is 4.79 Å². The maximum atomic E-state index is 13.9. The van der Waals surface area contributed by atoms with Crippen molar-refractivity contribution >= 4 is 16.9 Å². The normalized spacial score (nSPS) is 12.5. The Morgan fingerprint density at radius 1 is 1.09 bits per heavy atom. The van der Waals surface area contributed by atoms with Crippen molar-refractivity contribution in [1.82, 2.24) is 20.1 Å². The molecule has 2 aromatic heterocycles. The second kappa shape index (κ2) is 8.34. The molecule has 1 amide bonds. The van der Waals surface area contributed by atoms with Gasteiger partial charge in [-0.1, -0.05) is 36.4 Å². The van der Waals surface area contributed by atoms with Crippen molar-refractivity contribution in [3.63, 3.8) is 0 Å². The molecule has 7 heteroatoms. The number of amides is 1. The number of para-hydroxylation sites is 1. The van der Waals surface area contributed by atoms with Gasteiger partial charge in [-0.15, -0.1) is 0 Å². The number of pyridine rings is 1. The van der Waals surface area contributed by atoms with E-state index in [9.17, 15) is 9.59 Å². The number of fused-ring (bicyclic) bond motifs is 1. The summed E-state index contributed by atoms with van der Waals surface area (Å²) in [6.07, 6.45) is 1.12. The summed E-state index contributed by atoms with van der Waals surface area (Å²) in [7, 11) is 0. The largest absolute Gasteiger partial charge is 0.444 e. The minimum absolute atomic E-state index is 0.174. The van der Waals surface area contributed by atoms with E-state index in [0.29, 0.717) is 16.8 Å². The zero-order valence-corrected chi connectivity index (χ0v) is 18.5. The maximum absolute atomic E-state index is 13.9. The van der Waals surface area contributed by atoms with Crippen molar-refractivity contribution in [2.75, 3.05) is 0 Å². The Morgan fingerprint density at radius 3 is 2.50 bits per heavy atom. The first-order valence-corrected chi connectivity index (χ1v) is 10.5. The fourth-order valence-corrected chi connectivity index (χ4v) is 3.73. The fourth-order valence-electron chi connectivity index (χ4n) is 3.73. The lowest BCUT2D eigenvalue weighted by atomic mass is 10.0. The van der Waals surface area contributed by atoms with Crippen molar-refractivity contribution in [1.29, 1.82) is 0 Å². The number of rotatable bonds is 4. The zero-order chi connectivity index (χ0) is 22.9. The summed E-state index contributed by atoms with van der Waals surface area (Å²) in [5, 5.41) is 11.2. The Balaban J connectivity index is 1.91. The highest BCUT2D eigenvalue weighted by Gasteiger charge is 2.22. The average molecular weight is 431 g/mol. The summed E-state index contributed by atoms with van der Waals surface area (Å²) in [4.78, 5) is 26.3. The summed E-state index contributed by atoms with van der Waals surface area (Å²) < 4.78 is 7.06. The van der Waals surface area contributed by atoms with Crippen LogP contribution < -0.4 is 10.9 Å². The molecule has 0 bridgehead atoms. The molecule has 4 rings (SSSR count). The molecule has 2 heterocycles. The number of benzene rings is 2. The smallest absolute Gasteiger partial charge is 0.408 e. The van der Waals surface area contributed by atoms with Gasteiger partial charge >= 0.3 is 6.09 Å². The van der Waals surface area contributed by atoms with E-state index < -0.39 is 17.7 Å². The van der Waals surface area contributed by atoms with E-state index in [1.165, 1.54) is 0 Å². The van der Waals surface area contributed by atoms with Gasteiger partial charge in [0.1, 0.15) is 5.60 Å². The molecule has 1 unspecified atom stereocenters. The van der Waals surface area contributed by atoms with Crippen molar-refractivity contribution in [2.45, 2.75) is 39.3 Å². The minimum atomic E-state index is -0.620. The summed E-state index contributed by atoms with van der Waals surface area (Å²) >= 11 is 0. The van der Waals surface area contributed by atoms with E-state index >= 15 is 0 Å². The quantitative estimate of drug-likeness (QED) is 0.479. The van der Waals surface area contributed by atoms with Crippen LogP contribution >= 0.6 is 0 Å². The van der Waals surface area contributed by atoms with Gasteiger partial charge in [0.2, 0.25) is 0 Å². The predicted octanol–water partition coefficient (Wildman–Crippen LogP) is 4.97. The Labute approximate surface area is 186 Å². The van der Waals surface area contributed by atoms with Crippen molar-refractivity contribution in [3.8, 4) is 16.9 Å². The van der Waals surface area contributed by atoms with E-state index in [0.717, 1.165) is 16.6 Å². The Kier molecular flexibility index (Phi) is 5.57. The van der Waals surface area contributed by atoms with Gasteiger partial charge in [-0.3, -0.25) is 14.5 Å². The summed E-state index contributed by atoms with van der Waals surface area (Å²) in [6, 6.07) is 18.4. The molecule has 0 saturated carbocycles. The van der Waals surface area contributed by atoms with Gasteiger partial charge in [-0.05, 0) is 57.3 Å². The first kappa shape index (κ1) is 21.4. The van der Waals surface area contributed by atoms with Crippen LogP contribution in [0.3, 0.4) is 0 Å². The number of nitrogens with zero attached hydrogens (tertiary/aromatic N) is 2.